The lowest BCUT2D eigenvalue weighted by atomic mass is 10.1. The standard InChI is InChI=1S/C14H10F2N2O/c15-11-2-4-13(18)14(6-11)19-8-9-1-3-12(16)10(5-9)7-17/h1-6H,8,18H2. The minimum atomic E-state index is -0.587. The van der Waals surface area contributed by atoms with E-state index in [1.165, 1.54) is 36.4 Å². The predicted octanol–water partition coefficient (Wildman–Crippen LogP) is 3.00. The minimum Gasteiger partial charge on any atom is -0.487 e. The Kier molecular flexibility index (Phi) is 3.62. The monoisotopic (exact) mass is 260 g/mol. The summed E-state index contributed by atoms with van der Waals surface area (Å²) in [6.07, 6.45) is 0. The molecule has 0 saturated carbocycles. The zero-order valence-corrected chi connectivity index (χ0v) is 9.86. The van der Waals surface area contributed by atoms with Crippen LogP contribution in [0.4, 0.5) is 14.5 Å². The van der Waals surface area contributed by atoms with Gasteiger partial charge in [-0.05, 0) is 29.8 Å². The molecule has 0 atom stereocenters. The van der Waals surface area contributed by atoms with Crippen LogP contribution in [0, 0.1) is 23.0 Å². The van der Waals surface area contributed by atoms with Gasteiger partial charge in [-0.15, -0.1) is 0 Å². The summed E-state index contributed by atoms with van der Waals surface area (Å²) >= 11 is 0. The second kappa shape index (κ2) is 5.36. The largest absolute Gasteiger partial charge is 0.487 e. The Balaban J connectivity index is 2.15. The van der Waals surface area contributed by atoms with E-state index in [1.807, 2.05) is 0 Å². The fourth-order valence-electron chi connectivity index (χ4n) is 1.54. The van der Waals surface area contributed by atoms with E-state index in [0.717, 1.165) is 0 Å². The van der Waals surface area contributed by atoms with Gasteiger partial charge in [0.25, 0.3) is 0 Å². The average Bonchev–Trinajstić information content (AvgIpc) is 2.41. The topological polar surface area (TPSA) is 59.0 Å². The molecule has 0 unspecified atom stereocenters. The Morgan fingerprint density at radius 3 is 2.68 bits per heavy atom. The van der Waals surface area contributed by atoms with Crippen LogP contribution in [-0.2, 0) is 6.61 Å². The zero-order chi connectivity index (χ0) is 13.8. The molecule has 0 spiro atoms. The summed E-state index contributed by atoms with van der Waals surface area (Å²) in [5.74, 6) is -0.833. The fraction of sp³-hybridized carbons (Fsp3) is 0.0714. The van der Waals surface area contributed by atoms with Crippen LogP contribution in [0.3, 0.4) is 0 Å². The molecular weight excluding hydrogens is 250 g/mol. The number of nitriles is 1. The summed E-state index contributed by atoms with van der Waals surface area (Å²) in [6, 6.07) is 9.60. The predicted molar refractivity (Wildman–Crippen MR) is 66.3 cm³/mol. The molecule has 3 nitrogen and oxygen atoms in total. The number of rotatable bonds is 3. The first-order chi connectivity index (χ1) is 9.10. The van der Waals surface area contributed by atoms with Crippen molar-refractivity contribution in [2.24, 2.45) is 0 Å². The average molecular weight is 260 g/mol. The normalized spacial score (nSPS) is 9.95. The summed E-state index contributed by atoms with van der Waals surface area (Å²) in [5, 5.41) is 8.71. The number of hydrogen-bond donors (Lipinski definition) is 1. The third kappa shape index (κ3) is 2.99. The summed E-state index contributed by atoms with van der Waals surface area (Å²) in [5.41, 5.74) is 6.48. The van der Waals surface area contributed by atoms with E-state index in [0.29, 0.717) is 11.3 Å². The van der Waals surface area contributed by atoms with Crippen LogP contribution in [0.25, 0.3) is 0 Å². The first-order valence-electron chi connectivity index (χ1n) is 5.46. The summed E-state index contributed by atoms with van der Waals surface area (Å²) in [4.78, 5) is 0. The van der Waals surface area contributed by atoms with Gasteiger partial charge in [0.2, 0.25) is 0 Å². The van der Waals surface area contributed by atoms with Gasteiger partial charge in [0.05, 0.1) is 11.3 Å². The highest BCUT2D eigenvalue weighted by molar-refractivity contribution is 5.52. The second-order valence-electron chi connectivity index (χ2n) is 3.90. The van der Waals surface area contributed by atoms with Gasteiger partial charge < -0.3 is 10.5 Å². The number of anilines is 1. The highest BCUT2D eigenvalue weighted by Gasteiger charge is 2.06. The highest BCUT2D eigenvalue weighted by Crippen LogP contribution is 2.23. The highest BCUT2D eigenvalue weighted by atomic mass is 19.1. The molecule has 19 heavy (non-hydrogen) atoms. The first-order valence-corrected chi connectivity index (χ1v) is 5.46. The molecule has 0 amide bonds. The van der Waals surface area contributed by atoms with Crippen LogP contribution < -0.4 is 10.5 Å². The van der Waals surface area contributed by atoms with E-state index in [2.05, 4.69) is 0 Å². The van der Waals surface area contributed by atoms with Crippen molar-refractivity contribution in [2.75, 3.05) is 5.73 Å². The van der Waals surface area contributed by atoms with Crippen molar-refractivity contribution >= 4 is 5.69 Å². The first kappa shape index (κ1) is 12.8. The molecule has 0 fully saturated rings. The zero-order valence-electron chi connectivity index (χ0n) is 9.86. The molecular formula is C14H10F2N2O. The molecule has 2 rings (SSSR count). The Morgan fingerprint density at radius 2 is 1.95 bits per heavy atom. The van der Waals surface area contributed by atoms with Crippen LogP contribution >= 0.6 is 0 Å². The summed E-state index contributed by atoms with van der Waals surface area (Å²) in [7, 11) is 0. The van der Waals surface area contributed by atoms with Crippen molar-refractivity contribution in [1.29, 1.82) is 5.26 Å². The maximum absolute atomic E-state index is 13.1. The van der Waals surface area contributed by atoms with E-state index in [-0.39, 0.29) is 17.9 Å². The second-order valence-corrected chi connectivity index (χ2v) is 3.90. The van der Waals surface area contributed by atoms with Gasteiger partial charge in [-0.3, -0.25) is 0 Å². The molecule has 0 aliphatic heterocycles. The van der Waals surface area contributed by atoms with Crippen molar-refractivity contribution in [3.8, 4) is 11.8 Å². The number of halogens is 2. The molecule has 0 aromatic heterocycles. The molecule has 5 heteroatoms. The molecule has 2 aromatic carbocycles. The molecule has 0 heterocycles. The summed E-state index contributed by atoms with van der Waals surface area (Å²) in [6.45, 7) is 0.0720. The summed E-state index contributed by atoms with van der Waals surface area (Å²) < 4.78 is 31.5. The van der Waals surface area contributed by atoms with Crippen LogP contribution in [0.15, 0.2) is 36.4 Å². The number of nitrogens with zero attached hydrogens (tertiary/aromatic N) is 1. The molecule has 2 aromatic rings. The van der Waals surface area contributed by atoms with Crippen molar-refractivity contribution in [3.05, 3.63) is 59.2 Å². The van der Waals surface area contributed by atoms with Crippen molar-refractivity contribution in [1.82, 2.24) is 0 Å². The third-order valence-corrected chi connectivity index (χ3v) is 2.52. The lowest BCUT2D eigenvalue weighted by molar-refractivity contribution is 0.306. The Hall–Kier alpha value is -2.61. The number of hydrogen-bond acceptors (Lipinski definition) is 3. The van der Waals surface area contributed by atoms with Crippen molar-refractivity contribution in [3.63, 3.8) is 0 Å². The van der Waals surface area contributed by atoms with Gasteiger partial charge in [-0.2, -0.15) is 5.26 Å². The molecule has 2 N–H and O–H groups in total. The van der Waals surface area contributed by atoms with Gasteiger partial charge in [-0.25, -0.2) is 8.78 Å². The number of nitrogen functional groups attached to an aromatic ring is 1. The van der Waals surface area contributed by atoms with Crippen LogP contribution in [0.2, 0.25) is 0 Å². The fourth-order valence-corrected chi connectivity index (χ4v) is 1.54. The maximum atomic E-state index is 13.1. The molecule has 0 bridgehead atoms. The van der Waals surface area contributed by atoms with Crippen LogP contribution in [0.1, 0.15) is 11.1 Å². The third-order valence-electron chi connectivity index (χ3n) is 2.52. The Morgan fingerprint density at radius 1 is 1.16 bits per heavy atom. The van der Waals surface area contributed by atoms with Gasteiger partial charge >= 0.3 is 0 Å². The van der Waals surface area contributed by atoms with Crippen LogP contribution in [-0.4, -0.2) is 0 Å². The van der Waals surface area contributed by atoms with Gasteiger partial charge in [0, 0.05) is 6.07 Å². The van der Waals surface area contributed by atoms with E-state index in [1.54, 1.807) is 6.07 Å². The van der Waals surface area contributed by atoms with Gasteiger partial charge in [0.15, 0.2) is 0 Å². The number of benzene rings is 2. The van der Waals surface area contributed by atoms with Crippen LogP contribution in [0.5, 0.6) is 5.75 Å². The molecule has 96 valence electrons. The van der Waals surface area contributed by atoms with E-state index in [9.17, 15) is 8.78 Å². The lowest BCUT2D eigenvalue weighted by Crippen LogP contribution is -2.00. The van der Waals surface area contributed by atoms with Gasteiger partial charge in [-0.1, -0.05) is 6.07 Å². The Labute approximate surface area is 108 Å². The Bertz CT molecular complexity index is 650. The number of nitrogens with two attached hydrogens (primary N) is 1. The molecule has 0 saturated heterocycles. The molecule has 0 aliphatic carbocycles. The number of ether oxygens (including phenoxy) is 1. The molecule has 0 aliphatic rings. The van der Waals surface area contributed by atoms with Crippen molar-refractivity contribution in [2.45, 2.75) is 6.61 Å². The smallest absolute Gasteiger partial charge is 0.145 e. The molecule has 0 radical (unpaired) electrons. The van der Waals surface area contributed by atoms with E-state index >= 15 is 0 Å². The van der Waals surface area contributed by atoms with Gasteiger partial charge in [0.1, 0.15) is 30.1 Å². The quantitative estimate of drug-likeness (QED) is 0.863. The lowest BCUT2D eigenvalue weighted by Gasteiger charge is -2.09. The van der Waals surface area contributed by atoms with E-state index in [4.69, 9.17) is 15.7 Å². The van der Waals surface area contributed by atoms with E-state index < -0.39 is 11.6 Å². The minimum absolute atomic E-state index is 0.0617. The maximum Gasteiger partial charge on any atom is 0.145 e. The van der Waals surface area contributed by atoms with Crippen molar-refractivity contribution < 1.29 is 13.5 Å². The SMILES string of the molecule is N#Cc1cc(COc2cc(F)ccc2N)ccc1F.